The van der Waals surface area contributed by atoms with Crippen LogP contribution in [0.3, 0.4) is 0 Å². The lowest BCUT2D eigenvalue weighted by Crippen LogP contribution is -2.01. The smallest absolute Gasteiger partial charge is 0.123 e. The van der Waals surface area contributed by atoms with Gasteiger partial charge in [-0.05, 0) is 43.4 Å². The van der Waals surface area contributed by atoms with Crippen LogP contribution in [0.4, 0.5) is 0 Å². The van der Waals surface area contributed by atoms with Gasteiger partial charge >= 0.3 is 0 Å². The van der Waals surface area contributed by atoms with Crippen LogP contribution in [0, 0.1) is 0 Å². The number of unbranched alkanes of at least 4 members (excludes halogenated alkanes) is 9. The monoisotopic (exact) mass is 362 g/mol. The minimum Gasteiger partial charge on any atom is -0.493 e. The first kappa shape index (κ1) is 22.9. The predicted octanol–water partition coefficient (Wildman–Crippen LogP) is 7.73. The van der Waals surface area contributed by atoms with E-state index in [9.17, 15) is 0 Å². The van der Waals surface area contributed by atoms with E-state index in [0.29, 0.717) is 0 Å². The lowest BCUT2D eigenvalue weighted by Gasteiger charge is -2.12. The summed E-state index contributed by atoms with van der Waals surface area (Å²) in [7, 11) is 0. The van der Waals surface area contributed by atoms with Gasteiger partial charge in [-0.25, -0.2) is 0 Å². The summed E-state index contributed by atoms with van der Waals surface area (Å²) in [4.78, 5) is 0. The van der Waals surface area contributed by atoms with E-state index < -0.39 is 0 Å². The first-order valence-corrected chi connectivity index (χ1v) is 11.2. The van der Waals surface area contributed by atoms with Crippen molar-refractivity contribution in [2.24, 2.45) is 0 Å². The Morgan fingerprint density at radius 2 is 1.00 bits per heavy atom. The molecular formula is C24H42O2. The highest BCUT2D eigenvalue weighted by molar-refractivity contribution is 5.38. The number of aryl methyl sites for hydroxylation is 1. The van der Waals surface area contributed by atoms with Crippen molar-refractivity contribution in [1.29, 1.82) is 0 Å². The van der Waals surface area contributed by atoms with E-state index in [-0.39, 0.29) is 0 Å². The van der Waals surface area contributed by atoms with Crippen LogP contribution in [0.25, 0.3) is 0 Å². The molecule has 0 unspecified atom stereocenters. The van der Waals surface area contributed by atoms with E-state index in [2.05, 4.69) is 39.0 Å². The molecule has 0 spiro atoms. The normalized spacial score (nSPS) is 10.9. The minimum atomic E-state index is 0.817. The van der Waals surface area contributed by atoms with Crippen LogP contribution in [0.5, 0.6) is 11.5 Å². The lowest BCUT2D eigenvalue weighted by atomic mass is 10.1. The maximum Gasteiger partial charge on any atom is 0.123 e. The van der Waals surface area contributed by atoms with Gasteiger partial charge < -0.3 is 9.47 Å². The zero-order valence-corrected chi connectivity index (χ0v) is 17.7. The van der Waals surface area contributed by atoms with Gasteiger partial charge in [-0.15, -0.1) is 0 Å². The van der Waals surface area contributed by atoms with E-state index in [1.807, 2.05) is 0 Å². The maximum atomic E-state index is 6.03. The average Bonchev–Trinajstić information content (AvgIpc) is 2.65. The molecule has 2 nitrogen and oxygen atoms in total. The molecule has 1 aromatic rings. The molecule has 0 N–H and O–H groups in total. The standard InChI is InChI=1S/C24H42O2/c1-4-7-10-12-14-17-25-23-19-22(16-9-6-3)20-24(21-23)26-18-15-13-11-8-5-2/h19-21H,4-18H2,1-3H3. The van der Waals surface area contributed by atoms with Crippen molar-refractivity contribution in [2.75, 3.05) is 13.2 Å². The Balaban J connectivity index is 2.45. The Labute approximate surface area is 162 Å². The van der Waals surface area contributed by atoms with Crippen molar-refractivity contribution < 1.29 is 9.47 Å². The van der Waals surface area contributed by atoms with Gasteiger partial charge in [0.1, 0.15) is 11.5 Å². The molecule has 0 bridgehead atoms. The summed E-state index contributed by atoms with van der Waals surface area (Å²) >= 11 is 0. The van der Waals surface area contributed by atoms with Crippen molar-refractivity contribution in [3.63, 3.8) is 0 Å². The minimum absolute atomic E-state index is 0.817. The average molecular weight is 363 g/mol. The summed E-state index contributed by atoms with van der Waals surface area (Å²) in [6.45, 7) is 8.38. The number of rotatable bonds is 17. The molecule has 0 atom stereocenters. The van der Waals surface area contributed by atoms with Crippen LogP contribution in [0.2, 0.25) is 0 Å². The van der Waals surface area contributed by atoms with Crippen LogP contribution < -0.4 is 9.47 Å². The third kappa shape index (κ3) is 11.4. The highest BCUT2D eigenvalue weighted by Gasteiger charge is 2.04. The van der Waals surface area contributed by atoms with Gasteiger partial charge in [0.2, 0.25) is 0 Å². The van der Waals surface area contributed by atoms with E-state index >= 15 is 0 Å². The van der Waals surface area contributed by atoms with E-state index in [0.717, 1.165) is 44.0 Å². The van der Waals surface area contributed by atoms with E-state index in [1.165, 1.54) is 69.8 Å². The van der Waals surface area contributed by atoms with Crippen molar-refractivity contribution in [2.45, 2.75) is 104 Å². The largest absolute Gasteiger partial charge is 0.493 e. The molecule has 0 saturated carbocycles. The zero-order valence-electron chi connectivity index (χ0n) is 17.7. The first-order valence-electron chi connectivity index (χ1n) is 11.2. The van der Waals surface area contributed by atoms with Gasteiger partial charge in [0, 0.05) is 6.07 Å². The molecule has 0 aromatic heterocycles. The van der Waals surface area contributed by atoms with Gasteiger partial charge in [0.25, 0.3) is 0 Å². The molecule has 26 heavy (non-hydrogen) atoms. The maximum absolute atomic E-state index is 6.03. The highest BCUT2D eigenvalue weighted by Crippen LogP contribution is 2.25. The predicted molar refractivity (Wildman–Crippen MR) is 114 cm³/mol. The van der Waals surface area contributed by atoms with Crippen LogP contribution >= 0.6 is 0 Å². The van der Waals surface area contributed by atoms with Gasteiger partial charge in [0.05, 0.1) is 13.2 Å². The summed E-state index contributed by atoms with van der Waals surface area (Å²) in [5.41, 5.74) is 1.34. The van der Waals surface area contributed by atoms with Crippen molar-refractivity contribution in [3.8, 4) is 11.5 Å². The molecule has 0 aliphatic heterocycles. The molecule has 0 radical (unpaired) electrons. The Bertz CT molecular complexity index is 408. The van der Waals surface area contributed by atoms with Crippen LogP contribution in [-0.4, -0.2) is 13.2 Å². The van der Waals surface area contributed by atoms with Crippen LogP contribution in [0.1, 0.15) is 103 Å². The fraction of sp³-hybridized carbons (Fsp3) is 0.750. The molecule has 2 heteroatoms. The Kier molecular flexibility index (Phi) is 14.1. The zero-order chi connectivity index (χ0) is 18.9. The van der Waals surface area contributed by atoms with Crippen molar-refractivity contribution >= 4 is 0 Å². The number of hydrogen-bond acceptors (Lipinski definition) is 2. The molecule has 0 saturated heterocycles. The molecule has 0 aliphatic carbocycles. The van der Waals surface area contributed by atoms with Gasteiger partial charge in [-0.2, -0.15) is 0 Å². The Hall–Kier alpha value is -1.18. The summed E-state index contributed by atoms with van der Waals surface area (Å²) in [6, 6.07) is 6.49. The van der Waals surface area contributed by atoms with Gasteiger partial charge in [0.15, 0.2) is 0 Å². The quantitative estimate of drug-likeness (QED) is 0.264. The number of hydrogen-bond donors (Lipinski definition) is 0. The van der Waals surface area contributed by atoms with Crippen LogP contribution in [-0.2, 0) is 6.42 Å². The molecule has 0 heterocycles. The molecule has 0 aliphatic rings. The van der Waals surface area contributed by atoms with Crippen molar-refractivity contribution in [1.82, 2.24) is 0 Å². The SMILES string of the molecule is CCCCCCCOc1cc(CCCC)cc(OCCCCCCC)c1. The van der Waals surface area contributed by atoms with Crippen molar-refractivity contribution in [3.05, 3.63) is 23.8 Å². The lowest BCUT2D eigenvalue weighted by molar-refractivity contribution is 0.289. The third-order valence-electron chi connectivity index (χ3n) is 4.79. The van der Waals surface area contributed by atoms with Crippen LogP contribution in [0.15, 0.2) is 18.2 Å². The van der Waals surface area contributed by atoms with E-state index in [1.54, 1.807) is 0 Å². The highest BCUT2D eigenvalue weighted by atomic mass is 16.5. The summed E-state index contributed by atoms with van der Waals surface area (Å²) in [6.07, 6.45) is 16.3. The number of benzene rings is 1. The molecule has 1 rings (SSSR count). The summed E-state index contributed by atoms with van der Waals surface area (Å²) in [5.74, 6) is 1.96. The molecule has 0 amide bonds. The first-order chi connectivity index (χ1) is 12.8. The fourth-order valence-corrected chi connectivity index (χ4v) is 3.11. The van der Waals surface area contributed by atoms with E-state index in [4.69, 9.17) is 9.47 Å². The second kappa shape index (κ2) is 16.0. The molecule has 150 valence electrons. The molecular weight excluding hydrogens is 320 g/mol. The second-order valence-corrected chi connectivity index (χ2v) is 7.44. The Morgan fingerprint density at radius 3 is 1.46 bits per heavy atom. The second-order valence-electron chi connectivity index (χ2n) is 7.44. The number of ether oxygens (including phenoxy) is 2. The molecule has 1 aromatic carbocycles. The summed E-state index contributed by atoms with van der Waals surface area (Å²) < 4.78 is 12.1. The third-order valence-corrected chi connectivity index (χ3v) is 4.79. The Morgan fingerprint density at radius 1 is 0.538 bits per heavy atom. The van der Waals surface area contributed by atoms with Gasteiger partial charge in [-0.3, -0.25) is 0 Å². The summed E-state index contributed by atoms with van der Waals surface area (Å²) in [5, 5.41) is 0. The molecule has 0 fully saturated rings. The topological polar surface area (TPSA) is 18.5 Å². The fourth-order valence-electron chi connectivity index (χ4n) is 3.11. The van der Waals surface area contributed by atoms with Gasteiger partial charge in [-0.1, -0.05) is 78.6 Å².